The summed E-state index contributed by atoms with van der Waals surface area (Å²) < 4.78 is 77.9. The van der Waals surface area contributed by atoms with Gasteiger partial charge in [0.05, 0.1) is 0 Å². The van der Waals surface area contributed by atoms with Gasteiger partial charge in [0, 0.05) is 13.1 Å². The standard InChI is InChI=1S/C13H11F6N3/c1-8-2-3-10(21-9(8)6-20)22-5-4-11(7-22,12(14,15)16)13(17,18)19/h2-3H,4-5,7H2,1H3. The van der Waals surface area contributed by atoms with Gasteiger partial charge in [0.15, 0.2) is 5.41 Å². The van der Waals surface area contributed by atoms with Crippen LogP contribution in [0.5, 0.6) is 0 Å². The van der Waals surface area contributed by atoms with Gasteiger partial charge in [-0.05, 0) is 25.0 Å². The van der Waals surface area contributed by atoms with E-state index in [1.54, 1.807) is 13.0 Å². The Bertz CT molecular complexity index is 600. The second kappa shape index (κ2) is 5.04. The lowest BCUT2D eigenvalue weighted by Crippen LogP contribution is -2.51. The maximum Gasteiger partial charge on any atom is 0.404 e. The molecule has 1 fully saturated rings. The van der Waals surface area contributed by atoms with Crippen LogP contribution in [0.2, 0.25) is 0 Å². The summed E-state index contributed by atoms with van der Waals surface area (Å²) in [7, 11) is 0. The molecule has 0 radical (unpaired) electrons. The van der Waals surface area contributed by atoms with E-state index in [9.17, 15) is 26.3 Å². The fraction of sp³-hybridized carbons (Fsp3) is 0.538. The zero-order valence-electron chi connectivity index (χ0n) is 11.4. The number of halogens is 6. The number of aromatic nitrogens is 1. The number of hydrogen-bond donors (Lipinski definition) is 0. The van der Waals surface area contributed by atoms with Crippen LogP contribution in [0.4, 0.5) is 32.2 Å². The minimum Gasteiger partial charge on any atom is -0.355 e. The number of hydrogen-bond acceptors (Lipinski definition) is 3. The zero-order valence-corrected chi connectivity index (χ0v) is 11.4. The number of aryl methyl sites for hydroxylation is 1. The summed E-state index contributed by atoms with van der Waals surface area (Å²) in [5, 5.41) is 8.86. The molecule has 2 rings (SSSR count). The molecule has 1 aliphatic rings. The molecule has 0 atom stereocenters. The topological polar surface area (TPSA) is 39.9 Å². The summed E-state index contributed by atoms with van der Waals surface area (Å²) in [6.45, 7) is -0.101. The van der Waals surface area contributed by atoms with Crippen LogP contribution in [0.1, 0.15) is 17.7 Å². The number of pyridine rings is 1. The normalized spacial score (nSPS) is 18.4. The first-order valence-corrected chi connectivity index (χ1v) is 6.28. The number of anilines is 1. The van der Waals surface area contributed by atoms with E-state index < -0.39 is 37.3 Å². The molecular weight excluding hydrogens is 312 g/mol. The van der Waals surface area contributed by atoms with Gasteiger partial charge in [-0.2, -0.15) is 31.6 Å². The molecule has 1 aliphatic heterocycles. The summed E-state index contributed by atoms with van der Waals surface area (Å²) in [6.07, 6.45) is -11.9. The molecule has 120 valence electrons. The first-order chi connectivity index (χ1) is 10.0. The minimum absolute atomic E-state index is 0.0194. The fourth-order valence-corrected chi connectivity index (χ4v) is 2.44. The molecule has 9 heteroatoms. The van der Waals surface area contributed by atoms with Gasteiger partial charge in [-0.15, -0.1) is 0 Å². The molecule has 0 amide bonds. The Kier molecular flexibility index (Phi) is 3.75. The molecule has 0 bridgehead atoms. The number of nitrogens with zero attached hydrogens (tertiary/aromatic N) is 3. The number of alkyl halides is 6. The van der Waals surface area contributed by atoms with Crippen molar-refractivity contribution in [2.45, 2.75) is 25.7 Å². The molecule has 0 spiro atoms. The van der Waals surface area contributed by atoms with Crippen molar-refractivity contribution in [3.05, 3.63) is 23.4 Å². The highest BCUT2D eigenvalue weighted by Crippen LogP contribution is 2.55. The minimum atomic E-state index is -5.40. The third kappa shape index (κ3) is 2.46. The van der Waals surface area contributed by atoms with Gasteiger partial charge < -0.3 is 4.90 Å². The van der Waals surface area contributed by atoms with Gasteiger partial charge in [-0.25, -0.2) is 4.98 Å². The van der Waals surface area contributed by atoms with E-state index in [-0.39, 0.29) is 11.5 Å². The lowest BCUT2D eigenvalue weighted by Gasteiger charge is -2.33. The maximum atomic E-state index is 13.0. The molecule has 0 aromatic carbocycles. The molecular formula is C13H11F6N3. The van der Waals surface area contributed by atoms with Crippen LogP contribution < -0.4 is 4.90 Å². The second-order valence-electron chi connectivity index (χ2n) is 5.20. The molecule has 0 N–H and O–H groups in total. The van der Waals surface area contributed by atoms with Crippen molar-refractivity contribution in [2.24, 2.45) is 5.41 Å². The number of rotatable bonds is 1. The average Bonchev–Trinajstić information content (AvgIpc) is 2.85. The van der Waals surface area contributed by atoms with E-state index in [0.29, 0.717) is 5.56 Å². The summed E-state index contributed by atoms with van der Waals surface area (Å²) in [5.41, 5.74) is -3.28. The lowest BCUT2D eigenvalue weighted by molar-refractivity contribution is -0.332. The van der Waals surface area contributed by atoms with Crippen molar-refractivity contribution in [2.75, 3.05) is 18.0 Å². The van der Waals surface area contributed by atoms with Crippen LogP contribution in [-0.4, -0.2) is 30.4 Å². The van der Waals surface area contributed by atoms with E-state index in [0.717, 1.165) is 4.90 Å². The lowest BCUT2D eigenvalue weighted by atomic mass is 9.85. The van der Waals surface area contributed by atoms with Gasteiger partial charge in [-0.1, -0.05) is 6.07 Å². The van der Waals surface area contributed by atoms with Gasteiger partial charge in [0.2, 0.25) is 0 Å². The van der Waals surface area contributed by atoms with Crippen molar-refractivity contribution in [1.29, 1.82) is 5.26 Å². The first-order valence-electron chi connectivity index (χ1n) is 6.28. The Hall–Kier alpha value is -1.98. The monoisotopic (exact) mass is 323 g/mol. The van der Waals surface area contributed by atoms with E-state index in [4.69, 9.17) is 5.26 Å². The van der Waals surface area contributed by atoms with Crippen molar-refractivity contribution in [3.63, 3.8) is 0 Å². The molecule has 0 unspecified atom stereocenters. The summed E-state index contributed by atoms with van der Waals surface area (Å²) in [4.78, 5) is 4.75. The summed E-state index contributed by atoms with van der Waals surface area (Å²) in [6, 6.07) is 4.52. The summed E-state index contributed by atoms with van der Waals surface area (Å²) in [5.74, 6) is -0.0578. The van der Waals surface area contributed by atoms with Gasteiger partial charge >= 0.3 is 12.4 Å². The molecule has 1 saturated heterocycles. The Labute approximate surface area is 122 Å². The van der Waals surface area contributed by atoms with Gasteiger partial charge in [-0.3, -0.25) is 0 Å². The highest BCUT2D eigenvalue weighted by Gasteiger charge is 2.72. The predicted molar refractivity (Wildman–Crippen MR) is 65.1 cm³/mol. The Morgan fingerprint density at radius 1 is 1.18 bits per heavy atom. The Morgan fingerprint density at radius 2 is 1.77 bits per heavy atom. The van der Waals surface area contributed by atoms with Crippen LogP contribution in [0, 0.1) is 23.7 Å². The Balaban J connectivity index is 2.38. The molecule has 1 aromatic heterocycles. The third-order valence-corrected chi connectivity index (χ3v) is 3.87. The van der Waals surface area contributed by atoms with Gasteiger partial charge in [0.1, 0.15) is 17.6 Å². The SMILES string of the molecule is Cc1ccc(N2CCC(C(F)(F)F)(C(F)(F)F)C2)nc1C#N. The van der Waals surface area contributed by atoms with Crippen molar-refractivity contribution < 1.29 is 26.3 Å². The highest BCUT2D eigenvalue weighted by molar-refractivity contribution is 5.46. The Morgan fingerprint density at radius 3 is 2.23 bits per heavy atom. The zero-order chi connectivity index (χ0) is 16.8. The van der Waals surface area contributed by atoms with Crippen molar-refractivity contribution in [3.8, 4) is 6.07 Å². The van der Waals surface area contributed by atoms with E-state index in [1.165, 1.54) is 12.1 Å². The predicted octanol–water partition coefficient (Wildman–Crippen LogP) is 3.58. The largest absolute Gasteiger partial charge is 0.404 e. The first kappa shape index (κ1) is 16.4. The van der Waals surface area contributed by atoms with Crippen LogP contribution in [0.15, 0.2) is 12.1 Å². The van der Waals surface area contributed by atoms with Crippen molar-refractivity contribution >= 4 is 5.82 Å². The molecule has 22 heavy (non-hydrogen) atoms. The van der Waals surface area contributed by atoms with Crippen LogP contribution in [0.3, 0.4) is 0 Å². The molecule has 1 aromatic rings. The molecule has 0 saturated carbocycles. The van der Waals surface area contributed by atoms with Crippen LogP contribution in [-0.2, 0) is 0 Å². The maximum absolute atomic E-state index is 13.0. The van der Waals surface area contributed by atoms with E-state index in [1.807, 2.05) is 0 Å². The highest BCUT2D eigenvalue weighted by atomic mass is 19.4. The smallest absolute Gasteiger partial charge is 0.355 e. The molecule has 0 aliphatic carbocycles. The molecule has 3 nitrogen and oxygen atoms in total. The molecule has 2 heterocycles. The van der Waals surface area contributed by atoms with Crippen LogP contribution >= 0.6 is 0 Å². The van der Waals surface area contributed by atoms with E-state index in [2.05, 4.69) is 4.98 Å². The second-order valence-corrected chi connectivity index (χ2v) is 5.20. The van der Waals surface area contributed by atoms with Gasteiger partial charge in [0.25, 0.3) is 0 Å². The third-order valence-electron chi connectivity index (χ3n) is 3.87. The van der Waals surface area contributed by atoms with Crippen molar-refractivity contribution in [1.82, 2.24) is 4.98 Å². The quantitative estimate of drug-likeness (QED) is 0.742. The average molecular weight is 323 g/mol. The van der Waals surface area contributed by atoms with E-state index >= 15 is 0 Å². The number of nitriles is 1. The fourth-order valence-electron chi connectivity index (χ4n) is 2.44. The summed E-state index contributed by atoms with van der Waals surface area (Å²) >= 11 is 0. The van der Waals surface area contributed by atoms with Crippen LogP contribution in [0.25, 0.3) is 0 Å².